The molecular weight excluding hydrogens is 322 g/mol. The van der Waals surface area contributed by atoms with E-state index in [-0.39, 0.29) is 18.6 Å². The van der Waals surface area contributed by atoms with Crippen LogP contribution in [0.5, 0.6) is 0 Å². The van der Waals surface area contributed by atoms with Crippen molar-refractivity contribution in [3.05, 3.63) is 108 Å². The van der Waals surface area contributed by atoms with Gasteiger partial charge in [0.2, 0.25) is 5.91 Å². The third-order valence-electron chi connectivity index (χ3n) is 4.16. The molecule has 1 unspecified atom stereocenters. The SMILES string of the molecule is O=C(COCc1ccccc1)NC(Cc1ccccc1)c1ccccc1. The maximum absolute atomic E-state index is 12.4. The molecule has 0 fully saturated rings. The molecule has 0 aliphatic heterocycles. The van der Waals surface area contributed by atoms with E-state index in [1.807, 2.05) is 78.9 Å². The molecule has 1 atom stereocenters. The molecular formula is C23H23NO2. The van der Waals surface area contributed by atoms with Gasteiger partial charge < -0.3 is 10.1 Å². The largest absolute Gasteiger partial charge is 0.367 e. The number of carbonyl (C=O) groups excluding carboxylic acids is 1. The van der Waals surface area contributed by atoms with Crippen LogP contribution < -0.4 is 5.32 Å². The summed E-state index contributed by atoms with van der Waals surface area (Å²) in [7, 11) is 0. The van der Waals surface area contributed by atoms with E-state index in [1.54, 1.807) is 0 Å². The Labute approximate surface area is 154 Å². The lowest BCUT2D eigenvalue weighted by molar-refractivity contribution is -0.126. The molecule has 0 aliphatic carbocycles. The summed E-state index contributed by atoms with van der Waals surface area (Å²) in [6.07, 6.45) is 0.745. The van der Waals surface area contributed by atoms with Gasteiger partial charge in [-0.25, -0.2) is 0 Å². The minimum absolute atomic E-state index is 0.0486. The van der Waals surface area contributed by atoms with Crippen molar-refractivity contribution in [3.8, 4) is 0 Å². The quantitative estimate of drug-likeness (QED) is 0.661. The fourth-order valence-electron chi connectivity index (χ4n) is 2.86. The highest BCUT2D eigenvalue weighted by molar-refractivity contribution is 5.77. The first-order chi connectivity index (χ1) is 12.8. The summed E-state index contributed by atoms with van der Waals surface area (Å²) in [5.74, 6) is -0.106. The lowest BCUT2D eigenvalue weighted by atomic mass is 9.99. The molecule has 3 aromatic rings. The molecule has 3 nitrogen and oxygen atoms in total. The zero-order valence-corrected chi connectivity index (χ0v) is 14.7. The summed E-state index contributed by atoms with van der Waals surface area (Å²) in [5, 5.41) is 3.10. The van der Waals surface area contributed by atoms with Gasteiger partial charge in [0.15, 0.2) is 0 Å². The van der Waals surface area contributed by atoms with Crippen molar-refractivity contribution in [1.82, 2.24) is 5.32 Å². The van der Waals surface area contributed by atoms with E-state index >= 15 is 0 Å². The monoisotopic (exact) mass is 345 g/mol. The molecule has 0 bridgehead atoms. The van der Waals surface area contributed by atoms with Gasteiger partial charge in [0.1, 0.15) is 6.61 Å². The van der Waals surface area contributed by atoms with Crippen LogP contribution in [0.1, 0.15) is 22.7 Å². The Bertz CT molecular complexity index is 788. The van der Waals surface area contributed by atoms with Gasteiger partial charge in [-0.2, -0.15) is 0 Å². The number of nitrogens with one attached hydrogen (secondary N) is 1. The molecule has 0 heterocycles. The second kappa shape index (κ2) is 9.54. The zero-order valence-electron chi connectivity index (χ0n) is 14.7. The Morgan fingerprint density at radius 1 is 0.769 bits per heavy atom. The van der Waals surface area contributed by atoms with Crippen molar-refractivity contribution in [2.75, 3.05) is 6.61 Å². The molecule has 1 N–H and O–H groups in total. The average Bonchev–Trinajstić information content (AvgIpc) is 2.70. The Morgan fingerprint density at radius 3 is 1.92 bits per heavy atom. The number of hydrogen-bond donors (Lipinski definition) is 1. The van der Waals surface area contributed by atoms with E-state index in [0.29, 0.717) is 6.61 Å². The molecule has 3 aromatic carbocycles. The molecule has 0 aliphatic rings. The van der Waals surface area contributed by atoms with Crippen LogP contribution in [0.25, 0.3) is 0 Å². The average molecular weight is 345 g/mol. The second-order valence-corrected chi connectivity index (χ2v) is 6.20. The molecule has 0 saturated carbocycles. The van der Waals surface area contributed by atoms with Gasteiger partial charge in [0.25, 0.3) is 0 Å². The van der Waals surface area contributed by atoms with Crippen molar-refractivity contribution in [2.24, 2.45) is 0 Å². The van der Waals surface area contributed by atoms with Crippen LogP contribution in [0.4, 0.5) is 0 Å². The number of ether oxygens (including phenoxy) is 1. The Kier molecular flexibility index (Phi) is 6.57. The number of benzene rings is 3. The summed E-state index contributed by atoms with van der Waals surface area (Å²) in [6, 6.07) is 30.0. The molecule has 0 saturated heterocycles. The van der Waals surface area contributed by atoms with Gasteiger partial charge in [0.05, 0.1) is 12.6 Å². The third kappa shape index (κ3) is 5.57. The first kappa shape index (κ1) is 17.9. The van der Waals surface area contributed by atoms with Crippen LogP contribution in [-0.4, -0.2) is 12.5 Å². The Balaban J connectivity index is 1.59. The molecule has 0 spiro atoms. The Hall–Kier alpha value is -2.91. The van der Waals surface area contributed by atoms with E-state index in [0.717, 1.165) is 17.5 Å². The summed E-state index contributed by atoms with van der Waals surface area (Å²) >= 11 is 0. The van der Waals surface area contributed by atoms with Crippen LogP contribution in [0, 0.1) is 0 Å². The summed E-state index contributed by atoms with van der Waals surface area (Å²) in [4.78, 5) is 12.4. The topological polar surface area (TPSA) is 38.3 Å². The van der Waals surface area contributed by atoms with Crippen LogP contribution in [0.15, 0.2) is 91.0 Å². The predicted octanol–water partition coefficient (Wildman–Crippen LogP) is 4.30. The van der Waals surface area contributed by atoms with Crippen molar-refractivity contribution in [3.63, 3.8) is 0 Å². The molecule has 132 valence electrons. The van der Waals surface area contributed by atoms with Crippen molar-refractivity contribution >= 4 is 5.91 Å². The van der Waals surface area contributed by atoms with Crippen molar-refractivity contribution in [1.29, 1.82) is 0 Å². The molecule has 3 heteroatoms. The van der Waals surface area contributed by atoms with Gasteiger partial charge in [-0.1, -0.05) is 91.0 Å². The molecule has 0 radical (unpaired) electrons. The van der Waals surface area contributed by atoms with Crippen LogP contribution >= 0.6 is 0 Å². The minimum Gasteiger partial charge on any atom is -0.367 e. The summed E-state index contributed by atoms with van der Waals surface area (Å²) in [5.41, 5.74) is 3.34. The standard InChI is InChI=1S/C23H23NO2/c25-23(18-26-17-20-12-6-2-7-13-20)24-22(21-14-8-3-9-15-21)16-19-10-4-1-5-11-19/h1-15,22H,16-18H2,(H,24,25). The zero-order chi connectivity index (χ0) is 18.0. The normalized spacial score (nSPS) is 11.7. The van der Waals surface area contributed by atoms with Gasteiger partial charge in [-0.3, -0.25) is 4.79 Å². The van der Waals surface area contributed by atoms with Gasteiger partial charge in [-0.05, 0) is 23.1 Å². The minimum atomic E-state index is -0.106. The molecule has 1 amide bonds. The first-order valence-electron chi connectivity index (χ1n) is 8.81. The second-order valence-electron chi connectivity index (χ2n) is 6.20. The third-order valence-corrected chi connectivity index (χ3v) is 4.16. The van der Waals surface area contributed by atoms with Gasteiger partial charge in [-0.15, -0.1) is 0 Å². The van der Waals surface area contributed by atoms with E-state index < -0.39 is 0 Å². The number of carbonyl (C=O) groups is 1. The highest BCUT2D eigenvalue weighted by Crippen LogP contribution is 2.18. The highest BCUT2D eigenvalue weighted by atomic mass is 16.5. The van der Waals surface area contributed by atoms with E-state index in [2.05, 4.69) is 17.4 Å². The first-order valence-corrected chi connectivity index (χ1v) is 8.81. The lowest BCUT2D eigenvalue weighted by Crippen LogP contribution is -2.32. The van der Waals surface area contributed by atoms with Gasteiger partial charge >= 0.3 is 0 Å². The van der Waals surface area contributed by atoms with Crippen LogP contribution in [0.3, 0.4) is 0 Å². The van der Waals surface area contributed by atoms with Crippen molar-refractivity contribution < 1.29 is 9.53 Å². The van der Waals surface area contributed by atoms with E-state index in [4.69, 9.17) is 4.74 Å². The summed E-state index contributed by atoms with van der Waals surface area (Å²) in [6.45, 7) is 0.482. The summed E-state index contributed by atoms with van der Waals surface area (Å²) < 4.78 is 5.56. The smallest absolute Gasteiger partial charge is 0.246 e. The highest BCUT2D eigenvalue weighted by Gasteiger charge is 2.15. The van der Waals surface area contributed by atoms with E-state index in [1.165, 1.54) is 5.56 Å². The number of hydrogen-bond acceptors (Lipinski definition) is 2. The predicted molar refractivity (Wildman–Crippen MR) is 104 cm³/mol. The fraction of sp³-hybridized carbons (Fsp3) is 0.174. The lowest BCUT2D eigenvalue weighted by Gasteiger charge is -2.19. The maximum atomic E-state index is 12.4. The molecule has 26 heavy (non-hydrogen) atoms. The van der Waals surface area contributed by atoms with Gasteiger partial charge in [0, 0.05) is 0 Å². The van der Waals surface area contributed by atoms with Crippen molar-refractivity contribution in [2.45, 2.75) is 19.1 Å². The van der Waals surface area contributed by atoms with Crippen LogP contribution in [-0.2, 0) is 22.6 Å². The molecule has 0 aromatic heterocycles. The fourth-order valence-corrected chi connectivity index (χ4v) is 2.86. The van der Waals surface area contributed by atoms with Crippen LogP contribution in [0.2, 0.25) is 0 Å². The number of amides is 1. The maximum Gasteiger partial charge on any atom is 0.246 e. The number of rotatable bonds is 8. The molecule has 3 rings (SSSR count). The Morgan fingerprint density at radius 2 is 1.31 bits per heavy atom. The van der Waals surface area contributed by atoms with E-state index in [9.17, 15) is 4.79 Å².